The van der Waals surface area contributed by atoms with Crippen LogP contribution in [0.15, 0.2) is 84.9 Å². The van der Waals surface area contributed by atoms with Crippen LogP contribution in [0.25, 0.3) is 0 Å². The van der Waals surface area contributed by atoms with Gasteiger partial charge in [-0.1, -0.05) is 84.4 Å². The van der Waals surface area contributed by atoms with Gasteiger partial charge in [-0.2, -0.15) is 0 Å². The fraction of sp³-hybridized carbons (Fsp3) is 0.167. The predicted octanol–water partition coefficient (Wildman–Crippen LogP) is 4.89. The summed E-state index contributed by atoms with van der Waals surface area (Å²) in [7, 11) is 0. The lowest BCUT2D eigenvalue weighted by Crippen LogP contribution is -2.32. The number of hydrogen-bond donors (Lipinski definition) is 1. The molecule has 148 valence electrons. The van der Waals surface area contributed by atoms with E-state index in [0.717, 1.165) is 16.7 Å². The number of hydrogen-bond acceptors (Lipinski definition) is 3. The van der Waals surface area contributed by atoms with Gasteiger partial charge in [0.2, 0.25) is 0 Å². The van der Waals surface area contributed by atoms with E-state index in [1.165, 1.54) is 0 Å². The molecule has 4 nitrogen and oxygen atoms in total. The van der Waals surface area contributed by atoms with E-state index in [4.69, 9.17) is 16.3 Å². The maximum atomic E-state index is 12.8. The molecule has 0 aliphatic heterocycles. The molecular weight excluding hydrogens is 386 g/mol. The highest BCUT2D eigenvalue weighted by Crippen LogP contribution is 2.26. The number of benzene rings is 3. The molecule has 5 heteroatoms. The van der Waals surface area contributed by atoms with Crippen molar-refractivity contribution in [3.05, 3.63) is 107 Å². The standard InChI is InChI=1S/C24H22ClNO3/c1-17(20-13-8-14-21(25)15-20)26-22(27)16-29-24(28)23(18-9-4-2-5-10-18)19-11-6-3-7-12-19/h2-15,17,23H,16H2,1H3,(H,26,27)/t17-/m1/s1. The summed E-state index contributed by atoms with van der Waals surface area (Å²) in [5.74, 6) is -1.42. The molecule has 3 rings (SSSR count). The van der Waals surface area contributed by atoms with Gasteiger partial charge >= 0.3 is 5.97 Å². The van der Waals surface area contributed by atoms with E-state index in [9.17, 15) is 9.59 Å². The van der Waals surface area contributed by atoms with Gasteiger partial charge in [0.15, 0.2) is 6.61 Å². The minimum absolute atomic E-state index is 0.251. The highest BCUT2D eigenvalue weighted by atomic mass is 35.5. The first-order valence-electron chi connectivity index (χ1n) is 9.36. The summed E-state index contributed by atoms with van der Waals surface area (Å²) in [6.45, 7) is 1.50. The Hall–Kier alpha value is -3.11. The summed E-state index contributed by atoms with van der Waals surface area (Å²) >= 11 is 6.00. The molecular formula is C24H22ClNO3. The van der Waals surface area contributed by atoms with E-state index in [1.54, 1.807) is 12.1 Å². The number of amides is 1. The van der Waals surface area contributed by atoms with Gasteiger partial charge in [-0.15, -0.1) is 0 Å². The van der Waals surface area contributed by atoms with Crippen LogP contribution in [-0.2, 0) is 14.3 Å². The van der Waals surface area contributed by atoms with E-state index >= 15 is 0 Å². The molecule has 0 fully saturated rings. The maximum Gasteiger partial charge on any atom is 0.318 e. The molecule has 0 aliphatic rings. The second kappa shape index (κ2) is 9.89. The minimum Gasteiger partial charge on any atom is -0.455 e. The molecule has 3 aromatic carbocycles. The Balaban J connectivity index is 1.65. The third-order valence-electron chi connectivity index (χ3n) is 4.57. The number of rotatable bonds is 7. The number of ether oxygens (including phenoxy) is 1. The van der Waals surface area contributed by atoms with Crippen molar-refractivity contribution in [3.8, 4) is 0 Å². The average Bonchev–Trinajstić information content (AvgIpc) is 2.74. The molecule has 0 saturated heterocycles. The van der Waals surface area contributed by atoms with Crippen LogP contribution >= 0.6 is 11.6 Å². The molecule has 0 heterocycles. The third kappa shape index (κ3) is 5.69. The Morgan fingerprint density at radius 2 is 1.41 bits per heavy atom. The quantitative estimate of drug-likeness (QED) is 0.567. The average molecular weight is 408 g/mol. The highest BCUT2D eigenvalue weighted by Gasteiger charge is 2.25. The molecule has 1 atom stereocenters. The molecule has 0 unspecified atom stereocenters. The van der Waals surface area contributed by atoms with E-state index in [2.05, 4.69) is 5.32 Å². The summed E-state index contributed by atoms with van der Waals surface area (Å²) < 4.78 is 5.36. The topological polar surface area (TPSA) is 55.4 Å². The number of halogens is 1. The van der Waals surface area contributed by atoms with Crippen molar-refractivity contribution in [2.75, 3.05) is 6.61 Å². The molecule has 0 aliphatic carbocycles. The zero-order chi connectivity index (χ0) is 20.6. The lowest BCUT2D eigenvalue weighted by Gasteiger charge is -2.18. The molecule has 1 N–H and O–H groups in total. The van der Waals surface area contributed by atoms with Crippen molar-refractivity contribution >= 4 is 23.5 Å². The zero-order valence-electron chi connectivity index (χ0n) is 16.0. The first-order chi connectivity index (χ1) is 14.0. The van der Waals surface area contributed by atoms with E-state index in [-0.39, 0.29) is 18.6 Å². The SMILES string of the molecule is C[C@@H](NC(=O)COC(=O)C(c1ccccc1)c1ccccc1)c1cccc(Cl)c1. The van der Waals surface area contributed by atoms with Gasteiger partial charge in [-0.05, 0) is 35.7 Å². The predicted molar refractivity (Wildman–Crippen MR) is 114 cm³/mol. The van der Waals surface area contributed by atoms with Crippen molar-refractivity contribution in [1.29, 1.82) is 0 Å². The van der Waals surface area contributed by atoms with Crippen molar-refractivity contribution < 1.29 is 14.3 Å². The largest absolute Gasteiger partial charge is 0.455 e. The van der Waals surface area contributed by atoms with Crippen LogP contribution in [0.2, 0.25) is 5.02 Å². The van der Waals surface area contributed by atoms with Gasteiger partial charge in [0, 0.05) is 5.02 Å². The van der Waals surface area contributed by atoms with Crippen molar-refractivity contribution in [2.24, 2.45) is 0 Å². The van der Waals surface area contributed by atoms with Crippen LogP contribution in [0.5, 0.6) is 0 Å². The smallest absolute Gasteiger partial charge is 0.318 e. The monoisotopic (exact) mass is 407 g/mol. The van der Waals surface area contributed by atoms with Gasteiger partial charge in [0.1, 0.15) is 5.92 Å². The molecule has 1 amide bonds. The van der Waals surface area contributed by atoms with Crippen molar-refractivity contribution in [2.45, 2.75) is 18.9 Å². The van der Waals surface area contributed by atoms with Crippen LogP contribution in [0.1, 0.15) is 35.6 Å². The Bertz CT molecular complexity index is 921. The van der Waals surface area contributed by atoms with Crippen LogP contribution in [0.3, 0.4) is 0 Å². The number of carbonyl (C=O) groups is 2. The van der Waals surface area contributed by atoms with E-state index in [1.807, 2.05) is 79.7 Å². The van der Waals surface area contributed by atoms with Crippen LogP contribution < -0.4 is 5.32 Å². The molecule has 0 spiro atoms. The Kier molecular flexibility index (Phi) is 7.04. The Labute approximate surface area is 175 Å². The van der Waals surface area contributed by atoms with Gasteiger partial charge in [-0.3, -0.25) is 9.59 Å². The number of nitrogens with one attached hydrogen (secondary N) is 1. The molecule has 0 saturated carbocycles. The van der Waals surface area contributed by atoms with E-state index in [0.29, 0.717) is 5.02 Å². The van der Waals surface area contributed by atoms with Crippen molar-refractivity contribution in [1.82, 2.24) is 5.32 Å². The second-order valence-corrected chi connectivity index (χ2v) is 7.14. The van der Waals surface area contributed by atoms with Crippen molar-refractivity contribution in [3.63, 3.8) is 0 Å². The summed E-state index contributed by atoms with van der Waals surface area (Å²) in [5, 5.41) is 3.42. The van der Waals surface area contributed by atoms with Crippen LogP contribution in [0.4, 0.5) is 0 Å². The fourth-order valence-corrected chi connectivity index (χ4v) is 3.32. The first-order valence-corrected chi connectivity index (χ1v) is 9.74. The molecule has 29 heavy (non-hydrogen) atoms. The van der Waals surface area contributed by atoms with Crippen LogP contribution in [-0.4, -0.2) is 18.5 Å². The summed E-state index contributed by atoms with van der Waals surface area (Å²) in [5.41, 5.74) is 2.51. The van der Waals surface area contributed by atoms with Gasteiger partial charge in [0.05, 0.1) is 6.04 Å². The third-order valence-corrected chi connectivity index (χ3v) is 4.81. The maximum absolute atomic E-state index is 12.8. The number of esters is 1. The molecule has 0 radical (unpaired) electrons. The first kappa shape index (κ1) is 20.6. The van der Waals surface area contributed by atoms with Gasteiger partial charge in [-0.25, -0.2) is 0 Å². The molecule has 0 aromatic heterocycles. The summed E-state index contributed by atoms with van der Waals surface area (Å²) in [4.78, 5) is 25.1. The van der Waals surface area contributed by atoms with Gasteiger partial charge in [0.25, 0.3) is 5.91 Å². The lowest BCUT2D eigenvalue weighted by molar-refractivity contribution is -0.149. The molecule has 0 bridgehead atoms. The zero-order valence-corrected chi connectivity index (χ0v) is 16.8. The minimum atomic E-state index is -0.587. The highest BCUT2D eigenvalue weighted by molar-refractivity contribution is 6.30. The normalized spacial score (nSPS) is 11.7. The Morgan fingerprint density at radius 3 is 1.97 bits per heavy atom. The molecule has 3 aromatic rings. The lowest BCUT2D eigenvalue weighted by atomic mass is 9.91. The fourth-order valence-electron chi connectivity index (χ4n) is 3.12. The second-order valence-electron chi connectivity index (χ2n) is 6.71. The summed E-state index contributed by atoms with van der Waals surface area (Å²) in [6.07, 6.45) is 0. The van der Waals surface area contributed by atoms with Gasteiger partial charge < -0.3 is 10.1 Å². The van der Waals surface area contributed by atoms with Crippen LogP contribution in [0, 0.1) is 0 Å². The number of carbonyl (C=O) groups excluding carboxylic acids is 2. The van der Waals surface area contributed by atoms with E-state index < -0.39 is 11.9 Å². The Morgan fingerprint density at radius 1 is 0.862 bits per heavy atom. The summed E-state index contributed by atoms with van der Waals surface area (Å²) in [6, 6.07) is 25.8.